The summed E-state index contributed by atoms with van der Waals surface area (Å²) in [5.74, 6) is 0.146. The first-order valence-corrected chi connectivity index (χ1v) is 14.3. The Labute approximate surface area is 231 Å². The molecule has 3 aromatic rings. The minimum absolute atomic E-state index is 0.0139. The molecule has 0 radical (unpaired) electrons. The third-order valence-corrected chi connectivity index (χ3v) is 9.04. The van der Waals surface area contributed by atoms with Gasteiger partial charge in [-0.3, -0.25) is 19.1 Å². The number of pyridine rings is 1. The Morgan fingerprint density at radius 2 is 1.95 bits per heavy atom. The number of aromatic nitrogens is 3. The van der Waals surface area contributed by atoms with E-state index in [9.17, 15) is 9.59 Å². The molecule has 2 saturated heterocycles. The molecular weight excluding hydrogens is 513 g/mol. The van der Waals surface area contributed by atoms with Crippen LogP contribution in [0.5, 0.6) is 5.75 Å². The van der Waals surface area contributed by atoms with E-state index in [1.807, 2.05) is 0 Å². The number of carbonyl (C=O) groups excluding carboxylic acids is 1. The van der Waals surface area contributed by atoms with Gasteiger partial charge in [-0.1, -0.05) is 12.8 Å². The minimum atomic E-state index is -0.353. The summed E-state index contributed by atoms with van der Waals surface area (Å²) in [6, 6.07) is 3.91. The van der Waals surface area contributed by atoms with Gasteiger partial charge in [0.2, 0.25) is 5.95 Å². The van der Waals surface area contributed by atoms with Crippen molar-refractivity contribution in [3.8, 4) is 5.75 Å². The molecule has 1 aromatic carbocycles. The second-order valence-corrected chi connectivity index (χ2v) is 11.5. The number of fused-ring (bicyclic) bond motifs is 4. The van der Waals surface area contributed by atoms with E-state index in [2.05, 4.69) is 25.4 Å². The maximum atomic E-state index is 15.6. The predicted molar refractivity (Wildman–Crippen MR) is 151 cm³/mol. The number of halogens is 1. The number of rotatable bonds is 5. The predicted octanol–water partition coefficient (Wildman–Crippen LogP) is 3.16. The molecule has 40 heavy (non-hydrogen) atoms. The summed E-state index contributed by atoms with van der Waals surface area (Å²) in [6.07, 6.45) is 5.43. The largest absolute Gasteiger partial charge is 0.489 e. The molecular formula is C29H34FN7O3. The zero-order valence-corrected chi connectivity index (χ0v) is 22.9. The van der Waals surface area contributed by atoms with Crippen molar-refractivity contribution < 1.29 is 13.9 Å². The number of aryl methyl sites for hydroxylation is 1. The molecule has 4 aliphatic rings. The smallest absolute Gasteiger partial charge is 0.263 e. The summed E-state index contributed by atoms with van der Waals surface area (Å²) in [6.45, 7) is 8.25. The highest BCUT2D eigenvalue weighted by Crippen LogP contribution is 2.40. The average Bonchev–Trinajstić information content (AvgIpc) is 3.41. The van der Waals surface area contributed by atoms with Crippen LogP contribution in [0.2, 0.25) is 0 Å². The van der Waals surface area contributed by atoms with Crippen LogP contribution in [0.1, 0.15) is 54.6 Å². The van der Waals surface area contributed by atoms with Gasteiger partial charge in [0.15, 0.2) is 11.6 Å². The Hall–Kier alpha value is -3.57. The Bertz CT molecular complexity index is 1560. The van der Waals surface area contributed by atoms with Gasteiger partial charge in [-0.15, -0.1) is 0 Å². The van der Waals surface area contributed by atoms with Gasteiger partial charge < -0.3 is 20.3 Å². The summed E-state index contributed by atoms with van der Waals surface area (Å²) in [5, 5.41) is 7.13. The highest BCUT2D eigenvalue weighted by atomic mass is 19.1. The van der Waals surface area contributed by atoms with E-state index in [1.54, 1.807) is 23.8 Å². The Balaban J connectivity index is 1.21. The van der Waals surface area contributed by atoms with Gasteiger partial charge in [0.25, 0.3) is 5.56 Å². The number of hydrogen-bond donors (Lipinski definition) is 2. The van der Waals surface area contributed by atoms with E-state index >= 15 is 4.39 Å². The van der Waals surface area contributed by atoms with Crippen LogP contribution < -0.4 is 25.8 Å². The standard InChI is InChI=1S/C29H34FN7O3/c1-16-22-13-32-29(34-27(22)37(19-5-3-4-6-19)28(39)25(16)17(2)38)33-18-9-23(30)26-24(10-18)40-15-21-14-35(7-8-36(21)26)20-11-31-12-20/h9-10,13,19-21,31H,3-8,11-12,14-15H2,1-2H3,(H,32,33,34)/t21-/m1/s1. The van der Waals surface area contributed by atoms with Crippen molar-refractivity contribution in [3.05, 3.63) is 45.6 Å². The Morgan fingerprint density at radius 3 is 2.67 bits per heavy atom. The second-order valence-electron chi connectivity index (χ2n) is 11.5. The summed E-state index contributed by atoms with van der Waals surface area (Å²) < 4.78 is 23.3. The molecule has 11 heteroatoms. The molecule has 2 N–H and O–H groups in total. The van der Waals surface area contributed by atoms with Crippen LogP contribution in [0.3, 0.4) is 0 Å². The lowest BCUT2D eigenvalue weighted by molar-refractivity contribution is 0.0985. The Morgan fingerprint density at radius 1 is 1.15 bits per heavy atom. The van der Waals surface area contributed by atoms with Crippen molar-refractivity contribution >= 4 is 34.1 Å². The van der Waals surface area contributed by atoms with Crippen LogP contribution in [0.25, 0.3) is 11.0 Å². The third-order valence-electron chi connectivity index (χ3n) is 9.04. The maximum absolute atomic E-state index is 15.6. The summed E-state index contributed by atoms with van der Waals surface area (Å²) in [4.78, 5) is 39.7. The van der Waals surface area contributed by atoms with Gasteiger partial charge in [0.05, 0.1) is 11.6 Å². The first-order valence-electron chi connectivity index (χ1n) is 14.3. The molecule has 7 rings (SSSR count). The van der Waals surface area contributed by atoms with Crippen LogP contribution in [0, 0.1) is 12.7 Å². The lowest BCUT2D eigenvalue weighted by atomic mass is 10.0. The van der Waals surface area contributed by atoms with Crippen molar-refractivity contribution in [2.24, 2.45) is 0 Å². The molecule has 0 spiro atoms. The fourth-order valence-corrected chi connectivity index (χ4v) is 6.84. The summed E-state index contributed by atoms with van der Waals surface area (Å²) in [5.41, 5.74) is 1.96. The molecule has 1 aliphatic carbocycles. The summed E-state index contributed by atoms with van der Waals surface area (Å²) in [7, 11) is 0. The van der Waals surface area contributed by atoms with Crippen molar-refractivity contribution in [1.29, 1.82) is 0 Å². The van der Waals surface area contributed by atoms with Gasteiger partial charge in [0.1, 0.15) is 23.7 Å². The number of nitrogens with zero attached hydrogens (tertiary/aromatic N) is 5. The molecule has 3 fully saturated rings. The van der Waals surface area contributed by atoms with Gasteiger partial charge in [0, 0.05) is 68.1 Å². The van der Waals surface area contributed by atoms with Crippen molar-refractivity contribution in [2.75, 3.05) is 49.5 Å². The number of nitrogens with one attached hydrogen (secondary N) is 2. The number of benzene rings is 1. The lowest BCUT2D eigenvalue weighted by Gasteiger charge is -2.49. The average molecular weight is 548 g/mol. The third kappa shape index (κ3) is 4.14. The Kier molecular flexibility index (Phi) is 6.23. The highest BCUT2D eigenvalue weighted by molar-refractivity contribution is 5.99. The maximum Gasteiger partial charge on any atom is 0.263 e. The highest BCUT2D eigenvalue weighted by Gasteiger charge is 2.38. The van der Waals surface area contributed by atoms with Crippen LogP contribution >= 0.6 is 0 Å². The van der Waals surface area contributed by atoms with Gasteiger partial charge in [-0.2, -0.15) is 4.98 Å². The number of piperazine rings is 1. The number of carbonyl (C=O) groups is 1. The van der Waals surface area contributed by atoms with E-state index in [4.69, 9.17) is 9.72 Å². The zero-order chi connectivity index (χ0) is 27.5. The van der Waals surface area contributed by atoms with E-state index in [0.29, 0.717) is 46.4 Å². The molecule has 0 amide bonds. The van der Waals surface area contributed by atoms with E-state index < -0.39 is 0 Å². The second kappa shape index (κ2) is 9.81. The molecule has 10 nitrogen and oxygen atoms in total. The fourth-order valence-electron chi connectivity index (χ4n) is 6.84. The minimum Gasteiger partial charge on any atom is -0.489 e. The summed E-state index contributed by atoms with van der Waals surface area (Å²) >= 11 is 0. The number of Topliss-reactive ketones (excluding diaryl/α,β-unsaturated/α-hetero) is 1. The van der Waals surface area contributed by atoms with Crippen LogP contribution in [-0.2, 0) is 0 Å². The molecule has 3 aliphatic heterocycles. The quantitative estimate of drug-likeness (QED) is 0.466. The molecule has 1 atom stereocenters. The SMILES string of the molecule is CC(=O)c1c(C)c2cnc(Nc3cc(F)c4c(c3)OC[C@H]3CN(C5CNC5)CCN43)nc2n(C2CCCC2)c1=O. The van der Waals surface area contributed by atoms with Crippen molar-refractivity contribution in [1.82, 2.24) is 24.8 Å². The van der Waals surface area contributed by atoms with E-state index in [1.165, 1.54) is 13.0 Å². The van der Waals surface area contributed by atoms with Crippen LogP contribution in [-0.4, -0.2) is 76.6 Å². The monoisotopic (exact) mass is 547 g/mol. The molecule has 5 heterocycles. The molecule has 0 unspecified atom stereocenters. The number of hydrogen-bond acceptors (Lipinski definition) is 9. The zero-order valence-electron chi connectivity index (χ0n) is 22.9. The van der Waals surface area contributed by atoms with Crippen LogP contribution in [0.15, 0.2) is 23.1 Å². The number of ketones is 1. The van der Waals surface area contributed by atoms with Gasteiger partial charge in [-0.05, 0) is 38.3 Å². The van der Waals surface area contributed by atoms with Crippen molar-refractivity contribution in [3.63, 3.8) is 0 Å². The molecule has 0 bridgehead atoms. The molecule has 210 valence electrons. The lowest BCUT2D eigenvalue weighted by Crippen LogP contribution is -2.65. The topological polar surface area (TPSA) is 105 Å². The van der Waals surface area contributed by atoms with E-state index in [-0.39, 0.29) is 40.8 Å². The first kappa shape index (κ1) is 25.4. The first-order chi connectivity index (χ1) is 19.4. The number of anilines is 3. The molecule has 2 aromatic heterocycles. The van der Waals surface area contributed by atoms with Crippen LogP contribution in [0.4, 0.5) is 21.7 Å². The fraction of sp³-hybridized carbons (Fsp3) is 0.517. The normalized spacial score (nSPS) is 21.6. The number of ether oxygens (including phenoxy) is 1. The molecule has 1 saturated carbocycles. The van der Waals surface area contributed by atoms with Crippen molar-refractivity contribution in [2.45, 2.75) is 57.7 Å². The van der Waals surface area contributed by atoms with Gasteiger partial charge >= 0.3 is 0 Å². The van der Waals surface area contributed by atoms with Gasteiger partial charge in [-0.25, -0.2) is 9.37 Å². The van der Waals surface area contributed by atoms with E-state index in [0.717, 1.165) is 58.4 Å².